The molecule has 0 unspecified atom stereocenters. The maximum Gasteiger partial charge on any atom is 0.246 e. The van der Waals surface area contributed by atoms with Gasteiger partial charge < -0.3 is 5.32 Å². The zero-order valence-corrected chi connectivity index (χ0v) is 14.1. The predicted octanol–water partition coefficient (Wildman–Crippen LogP) is 1.60. The summed E-state index contributed by atoms with van der Waals surface area (Å²) in [5.41, 5.74) is 3.81. The minimum Gasteiger partial charge on any atom is -0.322 e. The first-order valence-electron chi connectivity index (χ1n) is 7.89. The molecule has 126 valence electrons. The topological polar surface area (TPSA) is 82.6 Å². The molecule has 0 saturated heterocycles. The van der Waals surface area contributed by atoms with E-state index in [1.807, 2.05) is 37.0 Å². The van der Waals surface area contributed by atoms with E-state index in [0.29, 0.717) is 12.2 Å². The third kappa shape index (κ3) is 3.53. The normalized spacial score (nSPS) is 11.0. The van der Waals surface area contributed by atoms with Gasteiger partial charge in [0.25, 0.3) is 0 Å². The van der Waals surface area contributed by atoms with Crippen molar-refractivity contribution in [2.75, 3.05) is 5.32 Å². The first-order valence-corrected chi connectivity index (χ1v) is 7.89. The zero-order valence-electron chi connectivity index (χ0n) is 14.1. The summed E-state index contributed by atoms with van der Waals surface area (Å²) in [6.07, 6.45) is 7.10. The summed E-state index contributed by atoms with van der Waals surface area (Å²) in [4.78, 5) is 12.0. The van der Waals surface area contributed by atoms with Gasteiger partial charge in [0.2, 0.25) is 5.91 Å². The third-order valence-electron chi connectivity index (χ3n) is 3.83. The molecule has 3 heterocycles. The monoisotopic (exact) mass is 327 g/mol. The standard InChI is InChI=1S/C16H21N7O/c1-4-23-13(3)14(7-18-23)9-22-10-15(8-17-22)19-16(24)11-21-6-5-12(2)20-21/h5-8,10H,4,9,11H2,1-3H3,(H,19,24). The average molecular weight is 327 g/mol. The van der Waals surface area contributed by atoms with Crippen molar-refractivity contribution in [1.29, 1.82) is 0 Å². The highest BCUT2D eigenvalue weighted by atomic mass is 16.2. The largest absolute Gasteiger partial charge is 0.322 e. The maximum absolute atomic E-state index is 12.0. The van der Waals surface area contributed by atoms with Crippen molar-refractivity contribution >= 4 is 11.6 Å². The molecule has 8 nitrogen and oxygen atoms in total. The van der Waals surface area contributed by atoms with Crippen LogP contribution in [-0.4, -0.2) is 35.2 Å². The number of aryl methyl sites for hydroxylation is 2. The van der Waals surface area contributed by atoms with Crippen LogP contribution in [-0.2, 0) is 24.4 Å². The second-order valence-electron chi connectivity index (χ2n) is 5.70. The Labute approximate surface area is 140 Å². The molecule has 0 saturated carbocycles. The van der Waals surface area contributed by atoms with Crippen LogP contribution in [0.2, 0.25) is 0 Å². The molecule has 0 aromatic carbocycles. The van der Waals surface area contributed by atoms with Crippen molar-refractivity contribution in [1.82, 2.24) is 29.3 Å². The summed E-state index contributed by atoms with van der Waals surface area (Å²) < 4.78 is 5.35. The van der Waals surface area contributed by atoms with Crippen LogP contribution in [0.15, 0.2) is 30.9 Å². The van der Waals surface area contributed by atoms with Crippen LogP contribution in [0.4, 0.5) is 5.69 Å². The molecule has 0 aliphatic rings. The fourth-order valence-corrected chi connectivity index (χ4v) is 2.55. The van der Waals surface area contributed by atoms with Crippen molar-refractivity contribution in [3.8, 4) is 0 Å². The molecule has 0 aliphatic heterocycles. The number of rotatable bonds is 6. The van der Waals surface area contributed by atoms with E-state index in [2.05, 4.69) is 27.5 Å². The number of carbonyl (C=O) groups is 1. The maximum atomic E-state index is 12.0. The van der Waals surface area contributed by atoms with Crippen LogP contribution >= 0.6 is 0 Å². The predicted molar refractivity (Wildman–Crippen MR) is 89.6 cm³/mol. The molecule has 3 aromatic heterocycles. The quantitative estimate of drug-likeness (QED) is 0.745. The number of hydrogen-bond donors (Lipinski definition) is 1. The first kappa shape index (κ1) is 16.0. The van der Waals surface area contributed by atoms with E-state index in [9.17, 15) is 4.79 Å². The van der Waals surface area contributed by atoms with Crippen LogP contribution in [0.3, 0.4) is 0 Å². The van der Waals surface area contributed by atoms with Gasteiger partial charge in [-0.2, -0.15) is 15.3 Å². The minimum absolute atomic E-state index is 0.132. The molecular weight excluding hydrogens is 306 g/mol. The number of aromatic nitrogens is 6. The first-order chi connectivity index (χ1) is 11.5. The van der Waals surface area contributed by atoms with Crippen molar-refractivity contribution in [3.05, 3.63) is 47.8 Å². The molecular formula is C16H21N7O. The van der Waals surface area contributed by atoms with Gasteiger partial charge in [0.1, 0.15) is 6.54 Å². The van der Waals surface area contributed by atoms with Crippen LogP contribution in [0.25, 0.3) is 0 Å². The van der Waals surface area contributed by atoms with Gasteiger partial charge in [-0.15, -0.1) is 0 Å². The van der Waals surface area contributed by atoms with E-state index in [0.717, 1.165) is 23.5 Å². The number of carbonyl (C=O) groups excluding carboxylic acids is 1. The SMILES string of the molecule is CCn1ncc(Cn2cc(NC(=O)Cn3ccc(C)n3)cn2)c1C. The molecule has 0 spiro atoms. The lowest BCUT2D eigenvalue weighted by atomic mass is 10.2. The van der Waals surface area contributed by atoms with E-state index in [4.69, 9.17) is 0 Å². The smallest absolute Gasteiger partial charge is 0.246 e. The van der Waals surface area contributed by atoms with E-state index in [-0.39, 0.29) is 12.5 Å². The van der Waals surface area contributed by atoms with Gasteiger partial charge in [-0.3, -0.25) is 18.8 Å². The van der Waals surface area contributed by atoms with Crippen LogP contribution in [0, 0.1) is 13.8 Å². The van der Waals surface area contributed by atoms with E-state index in [1.165, 1.54) is 0 Å². The highest BCUT2D eigenvalue weighted by Gasteiger charge is 2.09. The fraction of sp³-hybridized carbons (Fsp3) is 0.375. The number of anilines is 1. The average Bonchev–Trinajstić information content (AvgIpc) is 3.23. The molecule has 0 radical (unpaired) electrons. The Hall–Kier alpha value is -2.90. The van der Waals surface area contributed by atoms with Crippen LogP contribution < -0.4 is 5.32 Å². The van der Waals surface area contributed by atoms with Gasteiger partial charge in [-0.1, -0.05) is 0 Å². The minimum atomic E-state index is -0.132. The molecule has 0 bridgehead atoms. The zero-order chi connectivity index (χ0) is 17.1. The Morgan fingerprint density at radius 1 is 1.21 bits per heavy atom. The highest BCUT2D eigenvalue weighted by molar-refractivity contribution is 5.90. The summed E-state index contributed by atoms with van der Waals surface area (Å²) in [5, 5.41) is 15.7. The molecule has 0 aliphatic carbocycles. The van der Waals surface area contributed by atoms with E-state index < -0.39 is 0 Å². The molecule has 0 atom stereocenters. The van der Waals surface area contributed by atoms with Crippen molar-refractivity contribution < 1.29 is 4.79 Å². The van der Waals surface area contributed by atoms with Crippen LogP contribution in [0.5, 0.6) is 0 Å². The van der Waals surface area contributed by atoms with Gasteiger partial charge in [0.15, 0.2) is 0 Å². The molecule has 1 amide bonds. The number of nitrogens with zero attached hydrogens (tertiary/aromatic N) is 6. The Morgan fingerprint density at radius 3 is 2.71 bits per heavy atom. The Balaban J connectivity index is 1.60. The van der Waals surface area contributed by atoms with Gasteiger partial charge in [-0.25, -0.2) is 0 Å². The lowest BCUT2D eigenvalue weighted by Crippen LogP contribution is -2.18. The molecule has 8 heteroatoms. The molecule has 1 N–H and O–H groups in total. The lowest BCUT2D eigenvalue weighted by molar-refractivity contribution is -0.116. The Bertz CT molecular complexity index is 842. The van der Waals surface area contributed by atoms with E-state index in [1.54, 1.807) is 21.8 Å². The van der Waals surface area contributed by atoms with Gasteiger partial charge >= 0.3 is 0 Å². The van der Waals surface area contributed by atoms with Crippen molar-refractivity contribution in [3.63, 3.8) is 0 Å². The van der Waals surface area contributed by atoms with E-state index >= 15 is 0 Å². The number of nitrogens with one attached hydrogen (secondary N) is 1. The van der Waals surface area contributed by atoms with Crippen molar-refractivity contribution in [2.24, 2.45) is 0 Å². The van der Waals surface area contributed by atoms with Gasteiger partial charge in [0.05, 0.1) is 30.3 Å². The summed E-state index contributed by atoms with van der Waals surface area (Å²) in [7, 11) is 0. The molecule has 3 aromatic rings. The summed E-state index contributed by atoms with van der Waals surface area (Å²) in [5.74, 6) is -0.132. The van der Waals surface area contributed by atoms with Gasteiger partial charge in [-0.05, 0) is 26.8 Å². The molecule has 3 rings (SSSR count). The second kappa shape index (κ2) is 6.69. The summed E-state index contributed by atoms with van der Waals surface area (Å²) in [6.45, 7) is 7.65. The van der Waals surface area contributed by atoms with Crippen molar-refractivity contribution in [2.45, 2.75) is 40.4 Å². The molecule has 0 fully saturated rings. The fourth-order valence-electron chi connectivity index (χ4n) is 2.55. The molecule has 24 heavy (non-hydrogen) atoms. The summed E-state index contributed by atoms with van der Waals surface area (Å²) in [6, 6.07) is 1.87. The van der Waals surface area contributed by atoms with Gasteiger partial charge in [0, 0.05) is 30.2 Å². The number of amides is 1. The Kier molecular flexibility index (Phi) is 4.45. The second-order valence-corrected chi connectivity index (χ2v) is 5.70. The number of hydrogen-bond acceptors (Lipinski definition) is 4. The third-order valence-corrected chi connectivity index (χ3v) is 3.83. The lowest BCUT2D eigenvalue weighted by Gasteiger charge is -2.03. The summed E-state index contributed by atoms with van der Waals surface area (Å²) >= 11 is 0. The Morgan fingerprint density at radius 2 is 2.04 bits per heavy atom. The highest BCUT2D eigenvalue weighted by Crippen LogP contribution is 2.11. The van der Waals surface area contributed by atoms with Crippen LogP contribution in [0.1, 0.15) is 23.9 Å².